The molecule has 0 heterocycles. The minimum Gasteiger partial charge on any atom is -0.300 e. The molecule has 0 amide bonds. The molecule has 0 saturated heterocycles. The number of Topliss-reactive ketones (excluding diaryl/α,β-unsaturated/α-hetero) is 1. The van der Waals surface area contributed by atoms with Gasteiger partial charge in [0.2, 0.25) is 0 Å². The number of halogens is 1. The summed E-state index contributed by atoms with van der Waals surface area (Å²) in [4.78, 5) is 11.3. The molecule has 1 aliphatic rings. The van der Waals surface area contributed by atoms with Crippen LogP contribution < -0.4 is 0 Å². The third-order valence-corrected chi connectivity index (χ3v) is 4.10. The number of benzene rings is 2. The quantitative estimate of drug-likeness (QED) is 0.770. The average molecular weight is 268 g/mol. The van der Waals surface area contributed by atoms with Crippen LogP contribution in [0.15, 0.2) is 48.5 Å². The van der Waals surface area contributed by atoms with Crippen molar-refractivity contribution in [2.75, 3.05) is 0 Å². The summed E-state index contributed by atoms with van der Waals surface area (Å²) < 4.78 is 12.9. The van der Waals surface area contributed by atoms with Crippen LogP contribution >= 0.6 is 0 Å². The Morgan fingerprint density at radius 1 is 0.800 bits per heavy atom. The van der Waals surface area contributed by atoms with Crippen LogP contribution in [0.25, 0.3) is 11.1 Å². The summed E-state index contributed by atoms with van der Waals surface area (Å²) in [6, 6.07) is 15.0. The molecule has 2 aromatic rings. The lowest BCUT2D eigenvalue weighted by Crippen LogP contribution is -2.12. The molecule has 1 saturated carbocycles. The van der Waals surface area contributed by atoms with Crippen LogP contribution in [0, 0.1) is 5.82 Å². The topological polar surface area (TPSA) is 17.1 Å². The molecule has 0 aliphatic heterocycles. The smallest absolute Gasteiger partial charge is 0.132 e. The molecule has 0 unspecified atom stereocenters. The molecule has 3 rings (SSSR count). The molecule has 0 N–H and O–H groups in total. The van der Waals surface area contributed by atoms with Gasteiger partial charge in [0.1, 0.15) is 11.6 Å². The van der Waals surface area contributed by atoms with E-state index in [0.29, 0.717) is 24.5 Å². The number of carbonyl (C=O) groups excluding carboxylic acids is 1. The van der Waals surface area contributed by atoms with Crippen LogP contribution in [0.4, 0.5) is 4.39 Å². The van der Waals surface area contributed by atoms with Crippen molar-refractivity contribution in [2.24, 2.45) is 0 Å². The van der Waals surface area contributed by atoms with Crippen molar-refractivity contribution < 1.29 is 9.18 Å². The van der Waals surface area contributed by atoms with E-state index in [2.05, 4.69) is 24.3 Å². The van der Waals surface area contributed by atoms with E-state index < -0.39 is 0 Å². The van der Waals surface area contributed by atoms with Crippen LogP contribution in [-0.2, 0) is 4.79 Å². The molecular weight excluding hydrogens is 251 g/mol. The predicted octanol–water partition coefficient (Wildman–Crippen LogP) is 4.72. The summed E-state index contributed by atoms with van der Waals surface area (Å²) in [6.45, 7) is 0. The van der Waals surface area contributed by atoms with Gasteiger partial charge in [0, 0.05) is 12.8 Å². The molecule has 0 aromatic heterocycles. The SMILES string of the molecule is O=C1CCC(c2ccc(-c3ccc(F)cc3)cc2)CC1. The van der Waals surface area contributed by atoms with Crippen LogP contribution in [0.2, 0.25) is 0 Å². The second-order valence-corrected chi connectivity index (χ2v) is 5.44. The second kappa shape index (κ2) is 5.58. The molecule has 2 aromatic carbocycles. The summed E-state index contributed by atoms with van der Waals surface area (Å²) in [7, 11) is 0. The number of ketones is 1. The van der Waals surface area contributed by atoms with Gasteiger partial charge in [0.25, 0.3) is 0 Å². The van der Waals surface area contributed by atoms with E-state index in [1.165, 1.54) is 17.7 Å². The van der Waals surface area contributed by atoms with Gasteiger partial charge in [-0.2, -0.15) is 0 Å². The van der Waals surface area contributed by atoms with E-state index in [4.69, 9.17) is 0 Å². The minimum absolute atomic E-state index is 0.211. The van der Waals surface area contributed by atoms with Crippen LogP contribution in [-0.4, -0.2) is 5.78 Å². The van der Waals surface area contributed by atoms with Crippen molar-refractivity contribution in [1.29, 1.82) is 0 Å². The van der Waals surface area contributed by atoms with Gasteiger partial charge < -0.3 is 0 Å². The molecule has 0 bridgehead atoms. The zero-order valence-corrected chi connectivity index (χ0v) is 11.3. The molecule has 1 nitrogen and oxygen atoms in total. The van der Waals surface area contributed by atoms with Gasteiger partial charge in [-0.15, -0.1) is 0 Å². The van der Waals surface area contributed by atoms with Crippen molar-refractivity contribution in [3.63, 3.8) is 0 Å². The first-order valence-corrected chi connectivity index (χ1v) is 7.10. The highest BCUT2D eigenvalue weighted by molar-refractivity contribution is 5.79. The maximum Gasteiger partial charge on any atom is 0.132 e. The van der Waals surface area contributed by atoms with Gasteiger partial charge in [-0.3, -0.25) is 4.79 Å². The van der Waals surface area contributed by atoms with Gasteiger partial charge in [0.05, 0.1) is 0 Å². The highest BCUT2D eigenvalue weighted by atomic mass is 19.1. The zero-order chi connectivity index (χ0) is 13.9. The Labute approximate surface area is 118 Å². The number of carbonyl (C=O) groups is 1. The van der Waals surface area contributed by atoms with Crippen molar-refractivity contribution in [3.8, 4) is 11.1 Å². The highest BCUT2D eigenvalue weighted by Gasteiger charge is 2.19. The van der Waals surface area contributed by atoms with Gasteiger partial charge >= 0.3 is 0 Å². The first-order chi connectivity index (χ1) is 9.72. The second-order valence-electron chi connectivity index (χ2n) is 5.44. The molecule has 102 valence electrons. The molecule has 2 heteroatoms. The summed E-state index contributed by atoms with van der Waals surface area (Å²) >= 11 is 0. The lowest BCUT2D eigenvalue weighted by atomic mass is 9.83. The van der Waals surface area contributed by atoms with E-state index in [1.807, 2.05) is 0 Å². The highest BCUT2D eigenvalue weighted by Crippen LogP contribution is 2.32. The summed E-state index contributed by atoms with van der Waals surface area (Å²) in [6.07, 6.45) is 3.36. The predicted molar refractivity (Wildman–Crippen MR) is 78.1 cm³/mol. The summed E-state index contributed by atoms with van der Waals surface area (Å²) in [5.74, 6) is 0.691. The van der Waals surface area contributed by atoms with Crippen LogP contribution in [0.3, 0.4) is 0 Å². The largest absolute Gasteiger partial charge is 0.300 e. The van der Waals surface area contributed by atoms with E-state index in [-0.39, 0.29) is 5.82 Å². The summed E-state index contributed by atoms with van der Waals surface area (Å²) in [5, 5.41) is 0. The van der Waals surface area contributed by atoms with Crippen LogP contribution in [0.5, 0.6) is 0 Å². The fourth-order valence-corrected chi connectivity index (χ4v) is 2.86. The normalized spacial score (nSPS) is 16.4. The maximum atomic E-state index is 12.9. The first kappa shape index (κ1) is 13.0. The van der Waals surface area contributed by atoms with Gasteiger partial charge in [0.15, 0.2) is 0 Å². The zero-order valence-electron chi connectivity index (χ0n) is 11.3. The fourth-order valence-electron chi connectivity index (χ4n) is 2.86. The fraction of sp³-hybridized carbons (Fsp3) is 0.278. The van der Waals surface area contributed by atoms with Gasteiger partial charge in [-0.05, 0) is 47.6 Å². The average Bonchev–Trinajstić information content (AvgIpc) is 2.49. The molecule has 0 spiro atoms. The Balaban J connectivity index is 1.77. The van der Waals surface area contributed by atoms with Crippen molar-refractivity contribution in [3.05, 3.63) is 59.9 Å². The lowest BCUT2D eigenvalue weighted by molar-refractivity contribution is -0.120. The Hall–Kier alpha value is -1.96. The van der Waals surface area contributed by atoms with Gasteiger partial charge in [-0.25, -0.2) is 4.39 Å². The Morgan fingerprint density at radius 2 is 1.30 bits per heavy atom. The molecule has 1 fully saturated rings. The molecule has 0 radical (unpaired) electrons. The third-order valence-electron chi connectivity index (χ3n) is 4.10. The standard InChI is InChI=1S/C18H17FO/c19-17-9-5-15(6-10-17)13-1-3-14(4-2-13)16-7-11-18(20)12-8-16/h1-6,9-10,16H,7-8,11-12H2. The van der Waals surface area contributed by atoms with Gasteiger partial charge in [-0.1, -0.05) is 36.4 Å². The van der Waals surface area contributed by atoms with E-state index in [1.54, 1.807) is 12.1 Å². The van der Waals surface area contributed by atoms with Crippen molar-refractivity contribution in [2.45, 2.75) is 31.6 Å². The molecule has 20 heavy (non-hydrogen) atoms. The van der Waals surface area contributed by atoms with Crippen molar-refractivity contribution >= 4 is 5.78 Å². The van der Waals surface area contributed by atoms with E-state index >= 15 is 0 Å². The monoisotopic (exact) mass is 268 g/mol. The van der Waals surface area contributed by atoms with E-state index in [9.17, 15) is 9.18 Å². The molecule has 0 atom stereocenters. The van der Waals surface area contributed by atoms with Crippen LogP contribution in [0.1, 0.15) is 37.2 Å². The summed E-state index contributed by atoms with van der Waals surface area (Å²) in [5.41, 5.74) is 3.43. The first-order valence-electron chi connectivity index (χ1n) is 7.10. The number of rotatable bonds is 2. The number of hydrogen-bond donors (Lipinski definition) is 0. The third kappa shape index (κ3) is 2.79. The Kier molecular flexibility index (Phi) is 3.64. The van der Waals surface area contributed by atoms with Crippen molar-refractivity contribution in [1.82, 2.24) is 0 Å². The number of hydrogen-bond acceptors (Lipinski definition) is 1. The maximum absolute atomic E-state index is 12.9. The Bertz CT molecular complexity index is 588. The molecule has 1 aliphatic carbocycles. The lowest BCUT2D eigenvalue weighted by Gasteiger charge is -2.21. The minimum atomic E-state index is -0.211. The Morgan fingerprint density at radius 3 is 1.85 bits per heavy atom. The molecular formula is C18H17FO. The van der Waals surface area contributed by atoms with E-state index in [0.717, 1.165) is 24.0 Å².